The number of benzene rings is 2. The first-order valence-corrected chi connectivity index (χ1v) is 9.19. The Hall–Kier alpha value is -1.81. The first-order chi connectivity index (χ1) is 13.4. The number of nitrogens with zero attached hydrogens (tertiary/aromatic N) is 1. The van der Waals surface area contributed by atoms with E-state index in [1.807, 2.05) is 18.2 Å². The van der Waals surface area contributed by atoms with E-state index in [1.54, 1.807) is 19.2 Å². The van der Waals surface area contributed by atoms with Crippen molar-refractivity contribution in [2.75, 3.05) is 13.7 Å². The molecule has 29 heavy (non-hydrogen) atoms. The van der Waals surface area contributed by atoms with Gasteiger partial charge in [0, 0.05) is 25.6 Å². The van der Waals surface area contributed by atoms with Crippen molar-refractivity contribution in [2.45, 2.75) is 37.7 Å². The molecule has 0 aliphatic heterocycles. The van der Waals surface area contributed by atoms with E-state index in [2.05, 4.69) is 44.6 Å². The van der Waals surface area contributed by atoms with Crippen LogP contribution in [0.25, 0.3) is 0 Å². The lowest BCUT2D eigenvalue weighted by Crippen LogP contribution is -2.38. The predicted octanol–water partition coefficient (Wildman–Crippen LogP) is 4.60. The van der Waals surface area contributed by atoms with Gasteiger partial charge in [0.05, 0.1) is 6.61 Å². The number of hydrogen-bond donors (Lipinski definition) is 2. The van der Waals surface area contributed by atoms with Crippen molar-refractivity contribution in [3.63, 3.8) is 0 Å². The zero-order valence-corrected chi connectivity index (χ0v) is 18.4. The second kappa shape index (κ2) is 10.8. The maximum atomic E-state index is 12.1. The summed E-state index contributed by atoms with van der Waals surface area (Å²) >= 11 is 0. The monoisotopic (exact) mass is 519 g/mol. The Labute approximate surface area is 186 Å². The molecule has 3 rings (SSSR count). The van der Waals surface area contributed by atoms with Gasteiger partial charge in [0.15, 0.2) is 5.96 Å². The van der Waals surface area contributed by atoms with Crippen LogP contribution >= 0.6 is 24.0 Å². The summed E-state index contributed by atoms with van der Waals surface area (Å²) in [6, 6.07) is 18.1. The fourth-order valence-electron chi connectivity index (χ4n) is 3.02. The largest absolute Gasteiger partial charge is 0.411 e. The molecule has 2 aromatic rings. The van der Waals surface area contributed by atoms with Crippen LogP contribution in [0.1, 0.15) is 29.0 Å². The summed E-state index contributed by atoms with van der Waals surface area (Å²) in [7, 11) is 1.73. The molecule has 1 aliphatic carbocycles. The average molecular weight is 519 g/mol. The molecule has 0 heterocycles. The molecule has 0 aromatic heterocycles. The van der Waals surface area contributed by atoms with Gasteiger partial charge in [-0.15, -0.1) is 24.0 Å². The lowest BCUT2D eigenvalue weighted by Gasteiger charge is -2.12. The molecule has 2 N–H and O–H groups in total. The summed E-state index contributed by atoms with van der Waals surface area (Å²) in [6.45, 7) is -0.714. The van der Waals surface area contributed by atoms with Gasteiger partial charge in [-0.25, -0.2) is 0 Å². The first kappa shape index (κ1) is 23.5. The second-order valence-corrected chi connectivity index (χ2v) is 6.85. The Morgan fingerprint density at radius 1 is 1.07 bits per heavy atom. The van der Waals surface area contributed by atoms with Crippen LogP contribution in [0.3, 0.4) is 0 Å². The Bertz CT molecular complexity index is 782. The van der Waals surface area contributed by atoms with Gasteiger partial charge >= 0.3 is 6.18 Å². The van der Waals surface area contributed by atoms with E-state index in [1.165, 1.54) is 5.56 Å². The van der Waals surface area contributed by atoms with Crippen molar-refractivity contribution < 1.29 is 17.9 Å². The predicted molar refractivity (Wildman–Crippen MR) is 118 cm³/mol. The summed E-state index contributed by atoms with van der Waals surface area (Å²) < 4.78 is 41.0. The SMILES string of the molecule is CN=C(NCc1ccc(COCC(F)(F)F)cc1)NC1CC1c1ccccc1.I. The molecule has 0 saturated heterocycles. The minimum Gasteiger partial charge on any atom is -0.367 e. The number of aliphatic imine (C=N–C) groups is 1. The van der Waals surface area contributed by atoms with E-state index in [-0.39, 0.29) is 30.6 Å². The van der Waals surface area contributed by atoms with Crippen LogP contribution in [0, 0.1) is 0 Å². The van der Waals surface area contributed by atoms with E-state index in [4.69, 9.17) is 0 Å². The molecule has 0 bridgehead atoms. The molecule has 2 aromatic carbocycles. The molecule has 8 heteroatoms. The van der Waals surface area contributed by atoms with Gasteiger partial charge in [0.2, 0.25) is 0 Å². The van der Waals surface area contributed by atoms with Gasteiger partial charge in [0.25, 0.3) is 0 Å². The highest BCUT2D eigenvalue weighted by atomic mass is 127. The Kier molecular flexibility index (Phi) is 8.76. The van der Waals surface area contributed by atoms with E-state index in [0.29, 0.717) is 24.1 Å². The van der Waals surface area contributed by atoms with Crippen molar-refractivity contribution in [3.8, 4) is 0 Å². The van der Waals surface area contributed by atoms with E-state index < -0.39 is 12.8 Å². The Morgan fingerprint density at radius 2 is 1.72 bits per heavy atom. The van der Waals surface area contributed by atoms with Crippen molar-refractivity contribution in [1.29, 1.82) is 0 Å². The van der Waals surface area contributed by atoms with Crippen molar-refractivity contribution in [2.24, 2.45) is 4.99 Å². The van der Waals surface area contributed by atoms with Gasteiger partial charge in [-0.1, -0.05) is 54.6 Å². The minimum atomic E-state index is -4.30. The lowest BCUT2D eigenvalue weighted by molar-refractivity contribution is -0.176. The summed E-state index contributed by atoms with van der Waals surface area (Å²) in [5.74, 6) is 1.25. The third-order valence-corrected chi connectivity index (χ3v) is 4.58. The highest BCUT2D eigenvalue weighted by Crippen LogP contribution is 2.40. The summed E-state index contributed by atoms with van der Waals surface area (Å²) in [5.41, 5.74) is 3.05. The smallest absolute Gasteiger partial charge is 0.367 e. The molecule has 0 amide bonds. The zero-order valence-electron chi connectivity index (χ0n) is 16.1. The maximum absolute atomic E-state index is 12.1. The molecule has 2 atom stereocenters. The standard InChI is InChI=1S/C21H24F3N3O.HI/c1-25-20(27-19-11-18(19)17-5-3-2-4-6-17)26-12-15-7-9-16(10-8-15)13-28-14-21(22,23)24;/h2-10,18-19H,11-14H2,1H3,(H2,25,26,27);1H. The molecule has 0 spiro atoms. The quantitative estimate of drug-likeness (QED) is 0.319. The number of halogens is 4. The normalized spacial score (nSPS) is 18.7. The Morgan fingerprint density at radius 3 is 2.34 bits per heavy atom. The van der Waals surface area contributed by atoms with E-state index >= 15 is 0 Å². The maximum Gasteiger partial charge on any atom is 0.411 e. The topological polar surface area (TPSA) is 45.7 Å². The van der Waals surface area contributed by atoms with Crippen molar-refractivity contribution in [3.05, 3.63) is 71.3 Å². The molecule has 0 radical (unpaired) electrons. The molecular formula is C21H25F3IN3O. The molecule has 2 unspecified atom stereocenters. The molecular weight excluding hydrogens is 494 g/mol. The molecule has 4 nitrogen and oxygen atoms in total. The van der Waals surface area contributed by atoms with Crippen molar-refractivity contribution >= 4 is 29.9 Å². The van der Waals surface area contributed by atoms with Gasteiger partial charge in [-0.2, -0.15) is 13.2 Å². The highest BCUT2D eigenvalue weighted by Gasteiger charge is 2.38. The Balaban J connectivity index is 0.00000300. The number of ether oxygens (including phenoxy) is 1. The average Bonchev–Trinajstić information content (AvgIpc) is 3.45. The van der Waals surface area contributed by atoms with Crippen molar-refractivity contribution in [1.82, 2.24) is 10.6 Å². The van der Waals surface area contributed by atoms with E-state index in [9.17, 15) is 13.2 Å². The number of guanidine groups is 1. The molecule has 1 aliphatic rings. The fraction of sp³-hybridized carbons (Fsp3) is 0.381. The highest BCUT2D eigenvalue weighted by molar-refractivity contribution is 14.0. The van der Waals surface area contributed by atoms with Gasteiger partial charge in [-0.05, 0) is 23.1 Å². The molecule has 1 fully saturated rings. The fourth-order valence-corrected chi connectivity index (χ4v) is 3.02. The number of hydrogen-bond acceptors (Lipinski definition) is 2. The van der Waals surface area contributed by atoms with Crippen LogP contribution in [-0.2, 0) is 17.9 Å². The number of rotatable bonds is 7. The lowest BCUT2D eigenvalue weighted by atomic mass is 10.1. The molecule has 1 saturated carbocycles. The van der Waals surface area contributed by atoms with E-state index in [0.717, 1.165) is 17.9 Å². The number of nitrogens with one attached hydrogen (secondary N) is 2. The first-order valence-electron chi connectivity index (χ1n) is 9.19. The summed E-state index contributed by atoms with van der Waals surface area (Å²) in [5, 5.41) is 6.70. The second-order valence-electron chi connectivity index (χ2n) is 6.85. The number of alkyl halides is 3. The third kappa shape index (κ3) is 7.85. The van der Waals surface area contributed by atoms with Crippen LogP contribution in [0.5, 0.6) is 0 Å². The van der Waals surface area contributed by atoms with Gasteiger partial charge in [0.1, 0.15) is 6.61 Å². The van der Waals surface area contributed by atoms with Gasteiger partial charge in [-0.3, -0.25) is 4.99 Å². The van der Waals surface area contributed by atoms with Crippen LogP contribution < -0.4 is 10.6 Å². The summed E-state index contributed by atoms with van der Waals surface area (Å²) in [4.78, 5) is 4.26. The van der Waals surface area contributed by atoms with Crippen LogP contribution in [-0.4, -0.2) is 31.8 Å². The van der Waals surface area contributed by atoms with Gasteiger partial charge < -0.3 is 15.4 Å². The minimum absolute atomic E-state index is 0. The van der Waals surface area contributed by atoms with Crippen LogP contribution in [0.15, 0.2) is 59.6 Å². The molecule has 158 valence electrons. The van der Waals surface area contributed by atoms with Crippen LogP contribution in [0.2, 0.25) is 0 Å². The van der Waals surface area contributed by atoms with Crippen LogP contribution in [0.4, 0.5) is 13.2 Å². The summed E-state index contributed by atoms with van der Waals surface area (Å²) in [6.07, 6.45) is -3.22. The third-order valence-electron chi connectivity index (χ3n) is 4.58. The zero-order chi connectivity index (χ0) is 20.0.